The number of unbranched alkanes of at least 4 members (excludes halogenated alkanes) is 2. The second-order valence-corrected chi connectivity index (χ2v) is 9.39. The summed E-state index contributed by atoms with van der Waals surface area (Å²) in [5.74, 6) is -6.25. The van der Waals surface area contributed by atoms with Crippen molar-refractivity contribution in [3.8, 4) is 16.9 Å². The molecule has 1 aliphatic heterocycles. The van der Waals surface area contributed by atoms with Crippen molar-refractivity contribution in [3.05, 3.63) is 88.5 Å². The first-order valence-corrected chi connectivity index (χ1v) is 12.4. The molecule has 0 saturated carbocycles. The standard InChI is InChI=1S/C29H28F6O2/c1-3-4-5-6-21-11-12-27(36-21)19-9-7-18(8-10-19)20-13-25(32)28(26(33)14-20)29(34,35)37-22-15-23(30)17(2)24(31)16-22/h7-10,13-16,21,27H,3-6,11-12H2,1-2H3. The molecule has 198 valence electrons. The highest BCUT2D eigenvalue weighted by Crippen LogP contribution is 2.39. The van der Waals surface area contributed by atoms with Gasteiger partial charge in [0.25, 0.3) is 0 Å². The van der Waals surface area contributed by atoms with Crippen molar-refractivity contribution in [1.82, 2.24) is 0 Å². The summed E-state index contributed by atoms with van der Waals surface area (Å²) in [4.78, 5) is 0. The fourth-order valence-corrected chi connectivity index (χ4v) is 4.57. The van der Waals surface area contributed by atoms with Crippen molar-refractivity contribution in [3.63, 3.8) is 0 Å². The van der Waals surface area contributed by atoms with Crippen LogP contribution >= 0.6 is 0 Å². The molecule has 1 saturated heterocycles. The summed E-state index contributed by atoms with van der Waals surface area (Å²) < 4.78 is 96.7. The number of hydrogen-bond acceptors (Lipinski definition) is 2. The lowest BCUT2D eigenvalue weighted by Crippen LogP contribution is -2.25. The highest BCUT2D eigenvalue weighted by Gasteiger charge is 2.41. The average molecular weight is 523 g/mol. The second-order valence-electron chi connectivity index (χ2n) is 9.39. The van der Waals surface area contributed by atoms with Crippen LogP contribution < -0.4 is 4.74 Å². The van der Waals surface area contributed by atoms with Crippen molar-refractivity contribution in [2.45, 2.75) is 70.7 Å². The Hall–Kier alpha value is -3.00. The maximum Gasteiger partial charge on any atom is 0.432 e. The lowest BCUT2D eigenvalue weighted by molar-refractivity contribution is -0.189. The van der Waals surface area contributed by atoms with Crippen molar-refractivity contribution in [2.24, 2.45) is 0 Å². The minimum atomic E-state index is -4.52. The summed E-state index contributed by atoms with van der Waals surface area (Å²) in [6.45, 7) is 3.27. The normalized spacial score (nSPS) is 17.8. The molecule has 0 spiro atoms. The molecule has 0 radical (unpaired) electrons. The van der Waals surface area contributed by atoms with Gasteiger partial charge in [-0.15, -0.1) is 0 Å². The van der Waals surface area contributed by atoms with Crippen LogP contribution in [-0.4, -0.2) is 6.10 Å². The van der Waals surface area contributed by atoms with Gasteiger partial charge in [-0.3, -0.25) is 0 Å². The molecule has 3 aromatic carbocycles. The molecule has 0 N–H and O–H groups in total. The van der Waals surface area contributed by atoms with Crippen molar-refractivity contribution < 1.29 is 35.8 Å². The summed E-state index contributed by atoms with van der Waals surface area (Å²) in [5.41, 5.74) is -0.620. The summed E-state index contributed by atoms with van der Waals surface area (Å²) in [7, 11) is 0. The van der Waals surface area contributed by atoms with Crippen LogP contribution in [0.15, 0.2) is 48.5 Å². The van der Waals surface area contributed by atoms with Gasteiger partial charge in [0.1, 0.15) is 34.6 Å². The largest absolute Gasteiger partial charge is 0.432 e. The molecule has 1 fully saturated rings. The van der Waals surface area contributed by atoms with Crippen LogP contribution in [0.25, 0.3) is 11.1 Å². The molecule has 0 aliphatic carbocycles. The summed E-state index contributed by atoms with van der Waals surface area (Å²) in [5, 5.41) is 0. The van der Waals surface area contributed by atoms with Crippen LogP contribution in [0.2, 0.25) is 0 Å². The van der Waals surface area contributed by atoms with E-state index in [9.17, 15) is 26.3 Å². The van der Waals surface area contributed by atoms with Crippen LogP contribution in [0.4, 0.5) is 26.3 Å². The minimum absolute atomic E-state index is 0.0520. The highest BCUT2D eigenvalue weighted by molar-refractivity contribution is 5.64. The van der Waals surface area contributed by atoms with E-state index in [0.717, 1.165) is 56.7 Å². The average Bonchev–Trinajstić information content (AvgIpc) is 3.31. The van der Waals surface area contributed by atoms with Crippen molar-refractivity contribution in [2.75, 3.05) is 0 Å². The van der Waals surface area contributed by atoms with Gasteiger partial charge in [-0.1, -0.05) is 50.5 Å². The Morgan fingerprint density at radius 1 is 0.838 bits per heavy atom. The zero-order valence-corrected chi connectivity index (χ0v) is 20.6. The van der Waals surface area contributed by atoms with E-state index in [4.69, 9.17) is 4.74 Å². The van der Waals surface area contributed by atoms with E-state index in [0.29, 0.717) is 17.7 Å². The van der Waals surface area contributed by atoms with E-state index >= 15 is 0 Å². The highest BCUT2D eigenvalue weighted by atomic mass is 19.3. The van der Waals surface area contributed by atoms with Gasteiger partial charge in [0.15, 0.2) is 0 Å². The second kappa shape index (κ2) is 11.2. The van der Waals surface area contributed by atoms with Crippen LogP contribution in [0.1, 0.15) is 68.2 Å². The predicted molar refractivity (Wildman–Crippen MR) is 128 cm³/mol. The molecule has 0 aromatic heterocycles. The molecule has 3 aromatic rings. The molecule has 1 heterocycles. The first-order chi connectivity index (χ1) is 17.6. The Bertz CT molecular complexity index is 1200. The summed E-state index contributed by atoms with van der Waals surface area (Å²) >= 11 is 0. The van der Waals surface area contributed by atoms with Gasteiger partial charge in [-0.05, 0) is 55.0 Å². The Balaban J connectivity index is 1.50. The minimum Gasteiger partial charge on any atom is -0.429 e. The van der Waals surface area contributed by atoms with E-state index in [1.54, 1.807) is 24.3 Å². The third-order valence-electron chi connectivity index (χ3n) is 6.69. The van der Waals surface area contributed by atoms with Gasteiger partial charge in [-0.2, -0.15) is 8.78 Å². The number of hydrogen-bond donors (Lipinski definition) is 0. The lowest BCUT2D eigenvalue weighted by atomic mass is 9.99. The maximum absolute atomic E-state index is 14.7. The fourth-order valence-electron chi connectivity index (χ4n) is 4.57. The molecule has 2 unspecified atom stereocenters. The van der Waals surface area contributed by atoms with E-state index < -0.39 is 46.3 Å². The Morgan fingerprint density at radius 3 is 2.05 bits per heavy atom. The van der Waals surface area contributed by atoms with E-state index in [1.807, 2.05) is 0 Å². The Labute approximate surface area is 212 Å². The Kier molecular flexibility index (Phi) is 8.17. The van der Waals surface area contributed by atoms with E-state index in [2.05, 4.69) is 11.7 Å². The van der Waals surface area contributed by atoms with Gasteiger partial charge in [0, 0.05) is 17.7 Å². The van der Waals surface area contributed by atoms with Gasteiger partial charge in [0.2, 0.25) is 0 Å². The summed E-state index contributed by atoms with van der Waals surface area (Å²) in [6, 6.07) is 9.52. The van der Waals surface area contributed by atoms with Crippen molar-refractivity contribution in [1.29, 1.82) is 0 Å². The number of halogens is 6. The molecular weight excluding hydrogens is 494 g/mol. The number of alkyl halides is 2. The first kappa shape index (κ1) is 27.0. The Morgan fingerprint density at radius 2 is 1.46 bits per heavy atom. The number of benzene rings is 3. The topological polar surface area (TPSA) is 18.5 Å². The molecule has 2 atom stereocenters. The van der Waals surface area contributed by atoms with Gasteiger partial charge >= 0.3 is 6.11 Å². The predicted octanol–water partition coefficient (Wildman–Crippen LogP) is 9.15. The smallest absolute Gasteiger partial charge is 0.429 e. The van der Waals surface area contributed by atoms with Crippen LogP contribution in [0.5, 0.6) is 5.75 Å². The van der Waals surface area contributed by atoms with Crippen LogP contribution in [-0.2, 0) is 10.8 Å². The SMILES string of the molecule is CCCCCC1CCC(c2ccc(-c3cc(F)c(C(F)(F)Oc4cc(F)c(C)c(F)c4)c(F)c3)cc2)O1. The molecule has 37 heavy (non-hydrogen) atoms. The first-order valence-electron chi connectivity index (χ1n) is 12.4. The van der Waals surface area contributed by atoms with Gasteiger partial charge < -0.3 is 9.47 Å². The third-order valence-corrected chi connectivity index (χ3v) is 6.69. The van der Waals surface area contributed by atoms with Gasteiger partial charge in [-0.25, -0.2) is 17.6 Å². The molecular formula is C29H28F6O2. The molecule has 1 aliphatic rings. The molecule has 2 nitrogen and oxygen atoms in total. The number of rotatable bonds is 9. The maximum atomic E-state index is 14.7. The van der Waals surface area contributed by atoms with Gasteiger partial charge in [0.05, 0.1) is 12.2 Å². The lowest BCUT2D eigenvalue weighted by Gasteiger charge is -2.20. The fraction of sp³-hybridized carbons (Fsp3) is 0.379. The summed E-state index contributed by atoms with van der Waals surface area (Å²) in [6.07, 6.45) is 2.00. The monoisotopic (exact) mass is 522 g/mol. The van der Waals surface area contributed by atoms with E-state index in [1.165, 1.54) is 6.42 Å². The quantitative estimate of drug-likeness (QED) is 0.206. The zero-order chi connectivity index (χ0) is 26.7. The third kappa shape index (κ3) is 6.12. The molecule has 8 heteroatoms. The number of ether oxygens (including phenoxy) is 2. The molecule has 0 amide bonds. The van der Waals surface area contributed by atoms with Crippen LogP contribution in [0.3, 0.4) is 0 Å². The molecule has 4 rings (SSSR count). The molecule has 0 bridgehead atoms. The van der Waals surface area contributed by atoms with E-state index in [-0.39, 0.29) is 17.8 Å². The zero-order valence-electron chi connectivity index (χ0n) is 20.6. The van der Waals surface area contributed by atoms with Crippen LogP contribution in [0, 0.1) is 30.2 Å². The van der Waals surface area contributed by atoms with Crippen molar-refractivity contribution >= 4 is 0 Å².